The molecule has 0 amide bonds. The van der Waals surface area contributed by atoms with Crippen LogP contribution in [0.4, 0.5) is 0 Å². The molecule has 21 heavy (non-hydrogen) atoms. The third-order valence-corrected chi connectivity index (χ3v) is 4.30. The molecule has 3 aromatic rings. The van der Waals surface area contributed by atoms with Crippen LogP contribution in [0, 0.1) is 6.92 Å². The van der Waals surface area contributed by atoms with Gasteiger partial charge in [0.25, 0.3) is 0 Å². The number of benzene rings is 1. The SMILES string of the molecule is Cc1cscc1-c1noc([C@@H](N)CCc2ccccc2)n1. The third-order valence-electron chi connectivity index (χ3n) is 3.44. The van der Waals surface area contributed by atoms with Crippen molar-refractivity contribution in [3.63, 3.8) is 0 Å². The molecule has 4 nitrogen and oxygen atoms in total. The van der Waals surface area contributed by atoms with E-state index < -0.39 is 0 Å². The van der Waals surface area contributed by atoms with E-state index in [1.54, 1.807) is 11.3 Å². The molecule has 0 saturated carbocycles. The smallest absolute Gasteiger partial charge is 0.243 e. The minimum Gasteiger partial charge on any atom is -0.337 e. The Balaban J connectivity index is 1.67. The summed E-state index contributed by atoms with van der Waals surface area (Å²) in [6.07, 6.45) is 1.69. The van der Waals surface area contributed by atoms with Crippen LogP contribution in [0.3, 0.4) is 0 Å². The van der Waals surface area contributed by atoms with Crippen molar-refractivity contribution in [1.29, 1.82) is 0 Å². The Bertz CT molecular complexity index is 705. The summed E-state index contributed by atoms with van der Waals surface area (Å²) < 4.78 is 5.31. The summed E-state index contributed by atoms with van der Waals surface area (Å²) in [6, 6.07) is 10.0. The van der Waals surface area contributed by atoms with E-state index in [4.69, 9.17) is 10.3 Å². The van der Waals surface area contributed by atoms with Gasteiger partial charge >= 0.3 is 0 Å². The second kappa shape index (κ2) is 6.20. The van der Waals surface area contributed by atoms with Crippen molar-refractivity contribution in [2.45, 2.75) is 25.8 Å². The molecule has 2 aromatic heterocycles. The van der Waals surface area contributed by atoms with Gasteiger partial charge in [-0.05, 0) is 36.3 Å². The van der Waals surface area contributed by atoms with Gasteiger partial charge in [0.2, 0.25) is 11.7 Å². The van der Waals surface area contributed by atoms with Crippen molar-refractivity contribution in [2.75, 3.05) is 0 Å². The highest BCUT2D eigenvalue weighted by Crippen LogP contribution is 2.25. The predicted octanol–water partition coefficient (Wildman–Crippen LogP) is 3.74. The first-order valence-electron chi connectivity index (χ1n) is 6.90. The maximum Gasteiger partial charge on any atom is 0.243 e. The van der Waals surface area contributed by atoms with E-state index in [1.165, 1.54) is 5.56 Å². The van der Waals surface area contributed by atoms with Gasteiger partial charge in [-0.1, -0.05) is 35.5 Å². The fourth-order valence-corrected chi connectivity index (χ4v) is 3.00. The molecule has 0 bridgehead atoms. The largest absolute Gasteiger partial charge is 0.337 e. The first-order valence-corrected chi connectivity index (χ1v) is 7.84. The van der Waals surface area contributed by atoms with Crippen LogP contribution in [0.2, 0.25) is 0 Å². The summed E-state index contributed by atoms with van der Waals surface area (Å²) in [5, 5.41) is 8.13. The van der Waals surface area contributed by atoms with Gasteiger partial charge in [0.15, 0.2) is 0 Å². The Hall–Kier alpha value is -1.98. The second-order valence-corrected chi connectivity index (χ2v) is 5.80. The van der Waals surface area contributed by atoms with Crippen LogP contribution in [0.5, 0.6) is 0 Å². The summed E-state index contributed by atoms with van der Waals surface area (Å²) >= 11 is 1.63. The van der Waals surface area contributed by atoms with E-state index >= 15 is 0 Å². The zero-order valence-electron chi connectivity index (χ0n) is 11.8. The lowest BCUT2D eigenvalue weighted by molar-refractivity contribution is 0.349. The quantitative estimate of drug-likeness (QED) is 0.779. The van der Waals surface area contributed by atoms with E-state index in [-0.39, 0.29) is 6.04 Å². The van der Waals surface area contributed by atoms with E-state index in [0.717, 1.165) is 24.0 Å². The molecule has 0 aliphatic carbocycles. The van der Waals surface area contributed by atoms with Crippen molar-refractivity contribution in [3.8, 4) is 11.4 Å². The van der Waals surface area contributed by atoms with Gasteiger partial charge in [-0.2, -0.15) is 16.3 Å². The molecule has 1 aromatic carbocycles. The zero-order chi connectivity index (χ0) is 14.7. The number of aromatic nitrogens is 2. The summed E-state index contributed by atoms with van der Waals surface area (Å²) in [5.41, 5.74) is 9.60. The molecule has 2 N–H and O–H groups in total. The van der Waals surface area contributed by atoms with Crippen LogP contribution in [0.15, 0.2) is 45.6 Å². The van der Waals surface area contributed by atoms with Gasteiger partial charge in [-0.15, -0.1) is 0 Å². The van der Waals surface area contributed by atoms with Crippen molar-refractivity contribution < 1.29 is 4.52 Å². The van der Waals surface area contributed by atoms with Gasteiger partial charge in [0.1, 0.15) is 0 Å². The zero-order valence-corrected chi connectivity index (χ0v) is 12.6. The maximum absolute atomic E-state index is 6.15. The number of hydrogen-bond donors (Lipinski definition) is 1. The van der Waals surface area contributed by atoms with Crippen molar-refractivity contribution in [1.82, 2.24) is 10.1 Å². The van der Waals surface area contributed by atoms with E-state index in [0.29, 0.717) is 11.7 Å². The van der Waals surface area contributed by atoms with Gasteiger partial charge < -0.3 is 10.3 Å². The minimum absolute atomic E-state index is 0.231. The molecule has 5 heteroatoms. The fourth-order valence-electron chi connectivity index (χ4n) is 2.18. The topological polar surface area (TPSA) is 64.9 Å². The molecular formula is C16H17N3OS. The Morgan fingerprint density at radius 3 is 2.76 bits per heavy atom. The molecular weight excluding hydrogens is 282 g/mol. The van der Waals surface area contributed by atoms with Crippen LogP contribution < -0.4 is 5.73 Å². The Morgan fingerprint density at radius 1 is 1.24 bits per heavy atom. The molecule has 0 saturated heterocycles. The fraction of sp³-hybridized carbons (Fsp3) is 0.250. The predicted molar refractivity (Wildman–Crippen MR) is 84.0 cm³/mol. The number of nitrogens with two attached hydrogens (primary N) is 1. The normalized spacial score (nSPS) is 12.5. The highest BCUT2D eigenvalue weighted by Gasteiger charge is 2.17. The lowest BCUT2D eigenvalue weighted by Crippen LogP contribution is -2.11. The van der Waals surface area contributed by atoms with E-state index in [2.05, 4.69) is 27.7 Å². The second-order valence-electron chi connectivity index (χ2n) is 5.06. The highest BCUT2D eigenvalue weighted by molar-refractivity contribution is 7.08. The third kappa shape index (κ3) is 3.20. The monoisotopic (exact) mass is 299 g/mol. The molecule has 108 valence electrons. The molecule has 0 unspecified atom stereocenters. The van der Waals surface area contributed by atoms with Crippen LogP contribution in [-0.2, 0) is 6.42 Å². The van der Waals surface area contributed by atoms with Crippen molar-refractivity contribution >= 4 is 11.3 Å². The highest BCUT2D eigenvalue weighted by atomic mass is 32.1. The van der Waals surface area contributed by atoms with Gasteiger partial charge in [-0.3, -0.25) is 0 Å². The average Bonchev–Trinajstić information content (AvgIpc) is 3.14. The first-order chi connectivity index (χ1) is 10.2. The number of aryl methyl sites for hydroxylation is 2. The lowest BCUT2D eigenvalue weighted by Gasteiger charge is -2.06. The van der Waals surface area contributed by atoms with Crippen molar-refractivity contribution in [2.24, 2.45) is 5.73 Å². The van der Waals surface area contributed by atoms with Gasteiger partial charge in [-0.25, -0.2) is 0 Å². The summed E-state index contributed by atoms with van der Waals surface area (Å²) in [7, 11) is 0. The molecule has 0 aliphatic heterocycles. The van der Waals surface area contributed by atoms with Gasteiger partial charge in [0.05, 0.1) is 6.04 Å². The van der Waals surface area contributed by atoms with Crippen LogP contribution >= 0.6 is 11.3 Å². The number of nitrogens with zero attached hydrogens (tertiary/aromatic N) is 2. The molecule has 3 rings (SSSR count). The summed E-state index contributed by atoms with van der Waals surface area (Å²) in [4.78, 5) is 4.43. The van der Waals surface area contributed by atoms with E-state index in [9.17, 15) is 0 Å². The summed E-state index contributed by atoms with van der Waals surface area (Å²) in [6.45, 7) is 2.04. The Labute approximate surface area is 127 Å². The molecule has 0 spiro atoms. The minimum atomic E-state index is -0.231. The Morgan fingerprint density at radius 2 is 2.05 bits per heavy atom. The molecule has 0 aliphatic rings. The standard InChI is InChI=1S/C16H17N3OS/c1-11-9-21-10-13(11)15-18-16(20-19-15)14(17)8-7-12-5-3-2-4-6-12/h2-6,9-10,14H,7-8,17H2,1H3/t14-/m0/s1. The first kappa shape index (κ1) is 14.0. The lowest BCUT2D eigenvalue weighted by atomic mass is 10.1. The summed E-state index contributed by atoms with van der Waals surface area (Å²) in [5.74, 6) is 1.13. The molecule has 0 fully saturated rings. The van der Waals surface area contributed by atoms with Crippen LogP contribution in [-0.4, -0.2) is 10.1 Å². The van der Waals surface area contributed by atoms with E-state index in [1.807, 2.05) is 30.5 Å². The molecule has 1 atom stereocenters. The number of rotatable bonds is 5. The number of hydrogen-bond acceptors (Lipinski definition) is 5. The average molecular weight is 299 g/mol. The number of thiophene rings is 1. The maximum atomic E-state index is 6.15. The molecule has 0 radical (unpaired) electrons. The Kier molecular flexibility index (Phi) is 4.13. The van der Waals surface area contributed by atoms with Gasteiger partial charge in [0, 0.05) is 10.9 Å². The van der Waals surface area contributed by atoms with Crippen LogP contribution in [0.1, 0.15) is 29.5 Å². The van der Waals surface area contributed by atoms with Crippen LogP contribution in [0.25, 0.3) is 11.4 Å². The van der Waals surface area contributed by atoms with Crippen molar-refractivity contribution in [3.05, 3.63) is 58.1 Å². The molecule has 2 heterocycles.